The Morgan fingerprint density at radius 2 is 1.84 bits per heavy atom. The van der Waals surface area contributed by atoms with Crippen LogP contribution in [0, 0.1) is 5.92 Å². The Morgan fingerprint density at radius 1 is 1.12 bits per heavy atom. The molecule has 1 heterocycles. The molecule has 2 aromatic carbocycles. The molecule has 6 heteroatoms. The zero-order chi connectivity index (χ0) is 16.8. The minimum Gasteiger partial charge on any atom is -0.489 e. The van der Waals surface area contributed by atoms with Crippen LogP contribution in [0.1, 0.15) is 15.9 Å². The molecule has 0 radical (unpaired) electrons. The smallest absolute Gasteiger partial charge is 0.251 e. The maximum atomic E-state index is 12.1. The van der Waals surface area contributed by atoms with Gasteiger partial charge in [0.2, 0.25) is 0 Å². The lowest BCUT2D eigenvalue weighted by Crippen LogP contribution is -2.34. The van der Waals surface area contributed by atoms with E-state index in [-0.39, 0.29) is 30.3 Å². The largest absolute Gasteiger partial charge is 0.489 e. The normalized spacial score (nSPS) is 19.1. The highest BCUT2D eigenvalue weighted by molar-refractivity contribution is 5.94. The molecule has 0 aromatic heterocycles. The molecule has 134 valence electrons. The van der Waals surface area contributed by atoms with E-state index in [1.165, 1.54) is 0 Å². The maximum absolute atomic E-state index is 12.1. The van der Waals surface area contributed by atoms with Crippen LogP contribution in [-0.2, 0) is 6.61 Å². The minimum absolute atomic E-state index is 0. The van der Waals surface area contributed by atoms with E-state index in [0.29, 0.717) is 25.3 Å². The summed E-state index contributed by atoms with van der Waals surface area (Å²) in [4.78, 5) is 12.1. The van der Waals surface area contributed by atoms with Crippen LogP contribution in [0.15, 0.2) is 54.6 Å². The van der Waals surface area contributed by atoms with E-state index in [1.54, 1.807) is 24.3 Å². The highest BCUT2D eigenvalue weighted by atomic mass is 35.5. The third-order valence-corrected chi connectivity index (χ3v) is 4.19. The SMILES string of the molecule is Cl.O=C(NCC1CNCC1O)c1ccc(OCc2ccccc2)cc1. The van der Waals surface area contributed by atoms with Gasteiger partial charge in [0.25, 0.3) is 5.91 Å². The fraction of sp³-hybridized carbons (Fsp3) is 0.316. The van der Waals surface area contributed by atoms with Crippen molar-refractivity contribution in [3.8, 4) is 5.75 Å². The Hall–Kier alpha value is -2.08. The molecule has 1 aliphatic heterocycles. The summed E-state index contributed by atoms with van der Waals surface area (Å²) in [5.41, 5.74) is 1.69. The number of rotatable bonds is 6. The molecule has 1 fully saturated rings. The van der Waals surface area contributed by atoms with Crippen LogP contribution in [0.25, 0.3) is 0 Å². The van der Waals surface area contributed by atoms with E-state index in [0.717, 1.165) is 17.9 Å². The maximum Gasteiger partial charge on any atom is 0.251 e. The number of carbonyl (C=O) groups is 1. The molecule has 2 atom stereocenters. The average molecular weight is 363 g/mol. The van der Waals surface area contributed by atoms with Crippen molar-refractivity contribution in [1.29, 1.82) is 0 Å². The van der Waals surface area contributed by atoms with Crippen LogP contribution < -0.4 is 15.4 Å². The second kappa shape index (κ2) is 9.42. The number of aliphatic hydroxyl groups excluding tert-OH is 1. The molecule has 1 amide bonds. The summed E-state index contributed by atoms with van der Waals surface area (Å²) in [5.74, 6) is 0.664. The van der Waals surface area contributed by atoms with Gasteiger partial charge in [0.1, 0.15) is 12.4 Å². The van der Waals surface area contributed by atoms with Gasteiger partial charge in [0.05, 0.1) is 6.10 Å². The van der Waals surface area contributed by atoms with Crippen molar-refractivity contribution in [1.82, 2.24) is 10.6 Å². The number of hydrogen-bond acceptors (Lipinski definition) is 4. The first-order chi connectivity index (χ1) is 11.7. The molecule has 2 unspecified atom stereocenters. The lowest BCUT2D eigenvalue weighted by molar-refractivity contribution is 0.0927. The van der Waals surface area contributed by atoms with Crippen molar-refractivity contribution in [3.05, 3.63) is 65.7 Å². The second-order valence-electron chi connectivity index (χ2n) is 5.99. The summed E-state index contributed by atoms with van der Waals surface area (Å²) in [5, 5.41) is 15.7. The first-order valence-electron chi connectivity index (χ1n) is 8.16. The van der Waals surface area contributed by atoms with Crippen LogP contribution in [0.3, 0.4) is 0 Å². The van der Waals surface area contributed by atoms with Crippen molar-refractivity contribution in [2.75, 3.05) is 19.6 Å². The fourth-order valence-corrected chi connectivity index (χ4v) is 2.70. The average Bonchev–Trinajstić information content (AvgIpc) is 3.04. The molecule has 0 bridgehead atoms. The number of β-amino-alcohol motifs (C(OH)–C–C–N with tert-alkyl or cyclic N) is 1. The van der Waals surface area contributed by atoms with Gasteiger partial charge in [-0.3, -0.25) is 4.79 Å². The Morgan fingerprint density at radius 3 is 2.48 bits per heavy atom. The van der Waals surface area contributed by atoms with Gasteiger partial charge < -0.3 is 20.5 Å². The van der Waals surface area contributed by atoms with Crippen molar-refractivity contribution < 1.29 is 14.6 Å². The van der Waals surface area contributed by atoms with E-state index in [9.17, 15) is 9.90 Å². The van der Waals surface area contributed by atoms with Crippen LogP contribution >= 0.6 is 12.4 Å². The summed E-state index contributed by atoms with van der Waals surface area (Å²) in [7, 11) is 0. The number of carbonyl (C=O) groups excluding carboxylic acids is 1. The molecule has 5 nitrogen and oxygen atoms in total. The van der Waals surface area contributed by atoms with Crippen molar-refractivity contribution >= 4 is 18.3 Å². The molecule has 2 aromatic rings. The number of benzene rings is 2. The summed E-state index contributed by atoms with van der Waals surface area (Å²) in [6.07, 6.45) is -0.390. The van der Waals surface area contributed by atoms with Crippen LogP contribution in [0.5, 0.6) is 5.75 Å². The van der Waals surface area contributed by atoms with E-state index >= 15 is 0 Å². The highest BCUT2D eigenvalue weighted by Crippen LogP contribution is 2.14. The summed E-state index contributed by atoms with van der Waals surface area (Å²) < 4.78 is 5.71. The van der Waals surface area contributed by atoms with Crippen LogP contribution in [0.2, 0.25) is 0 Å². The minimum atomic E-state index is -0.390. The molecule has 0 aliphatic carbocycles. The third kappa shape index (κ3) is 5.46. The molecule has 0 saturated carbocycles. The zero-order valence-electron chi connectivity index (χ0n) is 13.9. The third-order valence-electron chi connectivity index (χ3n) is 4.19. The monoisotopic (exact) mass is 362 g/mol. The first kappa shape index (κ1) is 19.2. The van der Waals surface area contributed by atoms with E-state index in [2.05, 4.69) is 10.6 Å². The van der Waals surface area contributed by atoms with E-state index < -0.39 is 0 Å². The van der Waals surface area contributed by atoms with Gasteiger partial charge in [-0.05, 0) is 29.8 Å². The van der Waals surface area contributed by atoms with Crippen molar-refractivity contribution in [2.24, 2.45) is 5.92 Å². The zero-order valence-corrected chi connectivity index (χ0v) is 14.7. The molecule has 0 spiro atoms. The summed E-state index contributed by atoms with van der Waals surface area (Å²) in [6.45, 7) is 2.29. The lowest BCUT2D eigenvalue weighted by Gasteiger charge is -2.14. The topological polar surface area (TPSA) is 70.6 Å². The van der Waals surface area contributed by atoms with Crippen LogP contribution in [-0.4, -0.2) is 36.8 Å². The Bertz CT molecular complexity index is 664. The number of nitrogens with one attached hydrogen (secondary N) is 2. The lowest BCUT2D eigenvalue weighted by atomic mass is 10.1. The number of hydrogen-bond donors (Lipinski definition) is 3. The Labute approximate surface area is 153 Å². The van der Waals surface area contributed by atoms with E-state index in [4.69, 9.17) is 4.74 Å². The number of amides is 1. The van der Waals surface area contributed by atoms with Gasteiger partial charge >= 0.3 is 0 Å². The molecule has 1 saturated heterocycles. The van der Waals surface area contributed by atoms with Gasteiger partial charge in [-0.25, -0.2) is 0 Å². The van der Waals surface area contributed by atoms with Crippen LogP contribution in [0.4, 0.5) is 0 Å². The summed E-state index contributed by atoms with van der Waals surface area (Å²) >= 11 is 0. The molecule has 3 rings (SSSR count). The predicted octanol–water partition coefficient (Wildman–Crippen LogP) is 2.00. The quantitative estimate of drug-likeness (QED) is 0.735. The predicted molar refractivity (Wildman–Crippen MR) is 99.2 cm³/mol. The van der Waals surface area contributed by atoms with Gasteiger partial charge in [-0.2, -0.15) is 0 Å². The molecule has 25 heavy (non-hydrogen) atoms. The van der Waals surface area contributed by atoms with Gasteiger partial charge in [-0.15, -0.1) is 12.4 Å². The molecular weight excluding hydrogens is 340 g/mol. The molecule has 3 N–H and O–H groups in total. The highest BCUT2D eigenvalue weighted by Gasteiger charge is 2.25. The Balaban J connectivity index is 0.00000225. The molecule has 1 aliphatic rings. The first-order valence-corrected chi connectivity index (χ1v) is 8.16. The van der Waals surface area contributed by atoms with Gasteiger partial charge in [-0.1, -0.05) is 30.3 Å². The fourth-order valence-electron chi connectivity index (χ4n) is 2.70. The second-order valence-corrected chi connectivity index (χ2v) is 5.99. The Kier molecular flexibility index (Phi) is 7.25. The number of halogens is 1. The van der Waals surface area contributed by atoms with E-state index in [1.807, 2.05) is 30.3 Å². The number of aliphatic hydroxyl groups is 1. The van der Waals surface area contributed by atoms with Gasteiger partial charge in [0, 0.05) is 31.1 Å². The van der Waals surface area contributed by atoms with Crippen molar-refractivity contribution in [3.63, 3.8) is 0 Å². The van der Waals surface area contributed by atoms with Gasteiger partial charge in [0.15, 0.2) is 0 Å². The summed E-state index contributed by atoms with van der Waals surface area (Å²) in [6, 6.07) is 17.0. The number of ether oxygens (including phenoxy) is 1. The van der Waals surface area contributed by atoms with Crippen molar-refractivity contribution in [2.45, 2.75) is 12.7 Å². The standard InChI is InChI=1S/C19H22N2O3.ClH/c22-18-12-20-10-16(18)11-21-19(23)15-6-8-17(9-7-15)24-13-14-4-2-1-3-5-14;/h1-9,16,18,20,22H,10-13H2,(H,21,23);1H. The molecular formula is C19H23ClN2O3.